The van der Waals surface area contributed by atoms with Gasteiger partial charge < -0.3 is 10.3 Å². The minimum atomic E-state index is -0.255. The number of para-hydroxylation sites is 1. The van der Waals surface area contributed by atoms with E-state index in [9.17, 15) is 9.59 Å². The lowest BCUT2D eigenvalue weighted by Gasteiger charge is -2.15. The molecule has 0 radical (unpaired) electrons. The topological polar surface area (TPSA) is 84.7 Å². The van der Waals surface area contributed by atoms with Crippen LogP contribution in [0.4, 0.5) is 0 Å². The summed E-state index contributed by atoms with van der Waals surface area (Å²) in [5, 5.41) is 7.95. The van der Waals surface area contributed by atoms with Gasteiger partial charge in [-0.2, -0.15) is 5.10 Å². The van der Waals surface area contributed by atoms with Gasteiger partial charge in [0.05, 0.1) is 28.8 Å². The Morgan fingerprint density at radius 3 is 2.75 bits per heavy atom. The highest BCUT2D eigenvalue weighted by Crippen LogP contribution is 2.21. The largest absolute Gasteiger partial charge is 0.345 e. The lowest BCUT2D eigenvalue weighted by Crippen LogP contribution is -2.27. The number of carbonyl (C=O) groups is 1. The summed E-state index contributed by atoms with van der Waals surface area (Å²) in [4.78, 5) is 28.6. The quantitative estimate of drug-likeness (QED) is 0.344. The van der Waals surface area contributed by atoms with E-state index in [1.54, 1.807) is 30.5 Å². The smallest absolute Gasteiger partial charge is 0.262 e. The summed E-state index contributed by atoms with van der Waals surface area (Å²) < 4.78 is 3.57. The Hall–Kier alpha value is -3.78. The molecule has 2 aromatic carbocycles. The lowest BCUT2D eigenvalue weighted by molar-refractivity contribution is 0.0940. The summed E-state index contributed by atoms with van der Waals surface area (Å²) in [7, 11) is 0. The Balaban J connectivity index is 1.60. The van der Waals surface area contributed by atoms with E-state index in [0.717, 1.165) is 16.9 Å². The number of aromatic nitrogens is 4. The van der Waals surface area contributed by atoms with Crippen LogP contribution in [0, 0.1) is 11.7 Å². The summed E-state index contributed by atoms with van der Waals surface area (Å²) in [6.45, 7) is 7.86. The molecule has 0 saturated carbocycles. The molecule has 0 aliphatic carbocycles. The third-order valence-electron chi connectivity index (χ3n) is 5.42. The number of rotatable bonds is 6. The number of nitrogens with one attached hydrogen (secondary N) is 2. The van der Waals surface area contributed by atoms with Crippen molar-refractivity contribution >= 4 is 29.0 Å². The second-order valence-corrected chi connectivity index (χ2v) is 7.91. The second kappa shape index (κ2) is 8.76. The molecule has 4 aromatic rings. The Morgan fingerprint density at radius 2 is 2.03 bits per heavy atom. The molecular weight excluding hydrogens is 422 g/mol. The van der Waals surface area contributed by atoms with Gasteiger partial charge in [0.25, 0.3) is 11.5 Å². The van der Waals surface area contributed by atoms with Gasteiger partial charge >= 0.3 is 0 Å². The van der Waals surface area contributed by atoms with E-state index in [2.05, 4.69) is 22.0 Å². The van der Waals surface area contributed by atoms with Crippen LogP contribution in [-0.2, 0) is 6.54 Å². The average molecular weight is 446 g/mol. The number of nitrogens with zero attached hydrogens (tertiary/aromatic N) is 3. The number of benzene rings is 2. The molecule has 0 aliphatic heterocycles. The Kier molecular flexibility index (Phi) is 5.87. The predicted octanol–water partition coefficient (Wildman–Crippen LogP) is 4.23. The van der Waals surface area contributed by atoms with Crippen molar-refractivity contribution in [1.29, 1.82) is 0 Å². The maximum Gasteiger partial charge on any atom is 0.262 e. The maximum atomic E-state index is 12.9. The van der Waals surface area contributed by atoms with E-state index < -0.39 is 0 Å². The van der Waals surface area contributed by atoms with Gasteiger partial charge in [-0.1, -0.05) is 24.3 Å². The number of fused-ring (bicyclic) bond motifs is 1. The summed E-state index contributed by atoms with van der Waals surface area (Å²) in [5.74, 6) is -0.249. The van der Waals surface area contributed by atoms with Crippen LogP contribution in [0.3, 0.4) is 0 Å². The van der Waals surface area contributed by atoms with Crippen molar-refractivity contribution in [2.24, 2.45) is 0 Å². The van der Waals surface area contributed by atoms with Gasteiger partial charge in [-0.3, -0.25) is 14.2 Å². The fourth-order valence-corrected chi connectivity index (χ4v) is 3.99. The predicted molar refractivity (Wildman–Crippen MR) is 128 cm³/mol. The standard InChI is InChI=1S/C24H23N5O2S/c1-4-12-28-23(31)19-11-10-17(13-21(19)27-24(28)32)22(30)26-15(2)20-14-25-29(16(20)3)18-8-6-5-7-9-18/h4-11,13-15H,1,12H2,2-3H3,(H,26,30)(H,27,32). The van der Waals surface area contributed by atoms with Crippen LogP contribution in [0.15, 0.2) is 72.2 Å². The highest BCUT2D eigenvalue weighted by atomic mass is 32.1. The van der Waals surface area contributed by atoms with Crippen molar-refractivity contribution in [2.45, 2.75) is 26.4 Å². The summed E-state index contributed by atoms with van der Waals surface area (Å²) in [6.07, 6.45) is 3.38. The van der Waals surface area contributed by atoms with Gasteiger partial charge in [-0.25, -0.2) is 4.68 Å². The van der Waals surface area contributed by atoms with Crippen LogP contribution in [-0.4, -0.2) is 25.2 Å². The molecule has 8 heteroatoms. The number of hydrogen-bond donors (Lipinski definition) is 2. The minimum absolute atomic E-state index is 0.215. The van der Waals surface area contributed by atoms with E-state index in [-0.39, 0.29) is 22.3 Å². The van der Waals surface area contributed by atoms with E-state index in [1.165, 1.54) is 4.57 Å². The first-order chi connectivity index (χ1) is 15.4. The Bertz CT molecular complexity index is 1430. The van der Waals surface area contributed by atoms with Crippen molar-refractivity contribution in [2.75, 3.05) is 0 Å². The van der Waals surface area contributed by atoms with Crippen molar-refractivity contribution in [1.82, 2.24) is 24.6 Å². The van der Waals surface area contributed by atoms with Crippen LogP contribution in [0.1, 0.15) is 34.6 Å². The zero-order valence-electron chi connectivity index (χ0n) is 17.8. The number of aromatic amines is 1. The van der Waals surface area contributed by atoms with Crippen molar-refractivity contribution in [3.05, 3.63) is 99.3 Å². The first kappa shape index (κ1) is 21.5. The first-order valence-electron chi connectivity index (χ1n) is 10.2. The van der Waals surface area contributed by atoms with E-state index in [4.69, 9.17) is 12.2 Å². The number of amides is 1. The molecule has 0 saturated heterocycles. The third kappa shape index (κ3) is 3.92. The first-order valence-corrected chi connectivity index (χ1v) is 10.6. The zero-order chi connectivity index (χ0) is 22.8. The molecule has 0 fully saturated rings. The number of hydrogen-bond acceptors (Lipinski definition) is 4. The fourth-order valence-electron chi connectivity index (χ4n) is 3.73. The van der Waals surface area contributed by atoms with Gasteiger partial charge in [0.1, 0.15) is 0 Å². The van der Waals surface area contributed by atoms with E-state index in [0.29, 0.717) is 23.0 Å². The molecule has 4 rings (SSSR count). The summed E-state index contributed by atoms with van der Waals surface area (Å²) in [6, 6.07) is 14.5. The number of H-pyrrole nitrogens is 1. The highest BCUT2D eigenvalue weighted by molar-refractivity contribution is 7.71. The van der Waals surface area contributed by atoms with Crippen LogP contribution < -0.4 is 10.9 Å². The normalized spacial score (nSPS) is 11.9. The van der Waals surface area contributed by atoms with Crippen LogP contribution in [0.2, 0.25) is 0 Å². The van der Waals surface area contributed by atoms with Gasteiger partial charge in [0.2, 0.25) is 0 Å². The van der Waals surface area contributed by atoms with Crippen LogP contribution in [0.25, 0.3) is 16.6 Å². The molecule has 1 unspecified atom stereocenters. The van der Waals surface area contributed by atoms with Gasteiger partial charge in [-0.05, 0) is 56.4 Å². The monoisotopic (exact) mass is 445 g/mol. The molecule has 0 aliphatic rings. The molecule has 0 bridgehead atoms. The Morgan fingerprint density at radius 1 is 1.28 bits per heavy atom. The van der Waals surface area contributed by atoms with E-state index in [1.807, 2.05) is 48.9 Å². The molecule has 162 valence electrons. The van der Waals surface area contributed by atoms with Crippen molar-refractivity contribution in [3.63, 3.8) is 0 Å². The van der Waals surface area contributed by atoms with E-state index >= 15 is 0 Å². The average Bonchev–Trinajstić information content (AvgIpc) is 3.18. The molecule has 7 nitrogen and oxygen atoms in total. The molecule has 32 heavy (non-hydrogen) atoms. The molecular formula is C24H23N5O2S. The molecule has 2 aromatic heterocycles. The van der Waals surface area contributed by atoms with Gasteiger partial charge in [0, 0.05) is 23.4 Å². The van der Waals surface area contributed by atoms with Crippen molar-refractivity contribution in [3.8, 4) is 5.69 Å². The molecule has 1 amide bonds. The fraction of sp³-hybridized carbons (Fsp3) is 0.167. The zero-order valence-corrected chi connectivity index (χ0v) is 18.6. The SMILES string of the molecule is C=CCn1c(=S)[nH]c2cc(C(=O)NC(C)c3cnn(-c4ccccc4)c3C)ccc2c1=O. The van der Waals surface area contributed by atoms with Crippen molar-refractivity contribution < 1.29 is 4.79 Å². The van der Waals surface area contributed by atoms with Crippen LogP contribution in [0.5, 0.6) is 0 Å². The molecule has 0 spiro atoms. The Labute approximate surface area is 190 Å². The molecule has 2 N–H and O–H groups in total. The summed E-state index contributed by atoms with van der Waals surface area (Å²) >= 11 is 5.28. The number of carbonyl (C=O) groups excluding carboxylic acids is 1. The second-order valence-electron chi connectivity index (χ2n) is 7.52. The van der Waals surface area contributed by atoms with Gasteiger partial charge in [0.15, 0.2) is 4.77 Å². The highest BCUT2D eigenvalue weighted by Gasteiger charge is 2.18. The lowest BCUT2D eigenvalue weighted by atomic mass is 10.1. The third-order valence-corrected chi connectivity index (χ3v) is 5.74. The van der Waals surface area contributed by atoms with Gasteiger partial charge in [-0.15, -0.1) is 6.58 Å². The minimum Gasteiger partial charge on any atom is -0.345 e. The molecule has 2 heterocycles. The summed E-state index contributed by atoms with van der Waals surface area (Å²) in [5.41, 5.74) is 3.58. The number of allylic oxidation sites excluding steroid dienone is 1. The van der Waals surface area contributed by atoms with Crippen LogP contribution >= 0.6 is 12.2 Å². The maximum absolute atomic E-state index is 12.9. The molecule has 1 atom stereocenters.